The van der Waals surface area contributed by atoms with E-state index < -0.39 is 12.0 Å². The Morgan fingerprint density at radius 1 is 1.44 bits per heavy atom. The van der Waals surface area contributed by atoms with Crippen LogP contribution in [0, 0.1) is 0 Å². The predicted octanol–water partition coefficient (Wildman–Crippen LogP) is -0.197. The predicted molar refractivity (Wildman–Crippen MR) is 66.1 cm³/mol. The highest BCUT2D eigenvalue weighted by Gasteiger charge is 2.17. The average Bonchev–Trinajstić information content (AvgIpc) is 2.33. The third-order valence-corrected chi connectivity index (χ3v) is 2.31. The Balaban J connectivity index is 2.27. The van der Waals surface area contributed by atoms with Gasteiger partial charge in [-0.05, 0) is 12.1 Å². The Labute approximate surface area is 105 Å². The minimum Gasteiger partial charge on any atom is -0.480 e. The van der Waals surface area contributed by atoms with E-state index in [1.54, 1.807) is 6.20 Å². The van der Waals surface area contributed by atoms with Gasteiger partial charge in [-0.2, -0.15) is 0 Å². The van der Waals surface area contributed by atoms with Gasteiger partial charge >= 0.3 is 5.97 Å². The van der Waals surface area contributed by atoms with E-state index in [9.17, 15) is 9.59 Å². The minimum absolute atomic E-state index is 0.196. The van der Waals surface area contributed by atoms with E-state index in [0.29, 0.717) is 13.0 Å². The first kappa shape index (κ1) is 14.1. The minimum atomic E-state index is -1.05. The van der Waals surface area contributed by atoms with Crippen LogP contribution in [0.15, 0.2) is 24.4 Å². The van der Waals surface area contributed by atoms with Gasteiger partial charge in [-0.25, -0.2) is 4.79 Å². The lowest BCUT2D eigenvalue weighted by Gasteiger charge is -2.13. The summed E-state index contributed by atoms with van der Waals surface area (Å²) < 4.78 is 0. The summed E-state index contributed by atoms with van der Waals surface area (Å²) >= 11 is 0. The second kappa shape index (κ2) is 7.39. The molecule has 3 N–H and O–H groups in total. The quantitative estimate of drug-likeness (QED) is 0.584. The van der Waals surface area contributed by atoms with Crippen molar-refractivity contribution in [2.75, 3.05) is 13.1 Å². The van der Waals surface area contributed by atoms with Crippen molar-refractivity contribution in [2.24, 2.45) is 0 Å². The zero-order valence-electron chi connectivity index (χ0n) is 10.2. The van der Waals surface area contributed by atoms with Crippen LogP contribution in [0.3, 0.4) is 0 Å². The third kappa shape index (κ3) is 5.40. The lowest BCUT2D eigenvalue weighted by molar-refractivity contribution is -0.141. The third-order valence-electron chi connectivity index (χ3n) is 2.31. The van der Waals surface area contributed by atoms with E-state index in [0.717, 1.165) is 5.69 Å². The van der Waals surface area contributed by atoms with Crippen LogP contribution in [-0.4, -0.2) is 41.1 Å². The summed E-state index contributed by atoms with van der Waals surface area (Å²) in [5.41, 5.74) is 0.941. The number of pyridine rings is 1. The maximum absolute atomic E-state index is 10.8. The van der Waals surface area contributed by atoms with Crippen LogP contribution >= 0.6 is 0 Å². The molecule has 0 aliphatic rings. The monoisotopic (exact) mass is 251 g/mol. The first-order chi connectivity index (χ1) is 8.59. The lowest BCUT2D eigenvalue weighted by atomic mass is 10.2. The number of carboxylic acid groups (broad SMARTS) is 1. The maximum Gasteiger partial charge on any atom is 0.327 e. The number of carboxylic acids is 1. The molecular formula is C12H17N3O3. The summed E-state index contributed by atoms with van der Waals surface area (Å²) in [5.74, 6) is -1.40. The summed E-state index contributed by atoms with van der Waals surface area (Å²) in [4.78, 5) is 25.8. The van der Waals surface area contributed by atoms with Crippen molar-refractivity contribution >= 4 is 11.9 Å². The highest BCUT2D eigenvalue weighted by Crippen LogP contribution is 1.93. The molecule has 1 rings (SSSR count). The number of hydrogen-bond donors (Lipinski definition) is 3. The molecule has 1 amide bonds. The van der Waals surface area contributed by atoms with Gasteiger partial charge in [-0.3, -0.25) is 9.78 Å². The van der Waals surface area contributed by atoms with Crippen LogP contribution in [0.1, 0.15) is 12.6 Å². The molecule has 0 bridgehead atoms. The number of nitrogens with zero attached hydrogens (tertiary/aromatic N) is 1. The summed E-state index contributed by atoms with van der Waals surface area (Å²) in [6.45, 7) is 2.10. The molecule has 1 aromatic heterocycles. The van der Waals surface area contributed by atoms with Gasteiger partial charge in [0.05, 0.1) is 0 Å². The van der Waals surface area contributed by atoms with Crippen molar-refractivity contribution in [1.29, 1.82) is 0 Å². The van der Waals surface area contributed by atoms with Crippen LogP contribution < -0.4 is 10.6 Å². The van der Waals surface area contributed by atoms with Crippen LogP contribution in [0.25, 0.3) is 0 Å². The normalized spacial score (nSPS) is 11.8. The number of nitrogens with one attached hydrogen (secondary N) is 2. The van der Waals surface area contributed by atoms with Crippen LogP contribution in [0.5, 0.6) is 0 Å². The molecule has 6 heteroatoms. The Hall–Kier alpha value is -1.95. The second-order valence-corrected chi connectivity index (χ2v) is 3.87. The first-order valence-electron chi connectivity index (χ1n) is 5.70. The number of aliphatic carboxylic acids is 1. The molecule has 18 heavy (non-hydrogen) atoms. The van der Waals surface area contributed by atoms with Gasteiger partial charge in [-0.1, -0.05) is 6.07 Å². The molecule has 1 atom stereocenters. The van der Waals surface area contributed by atoms with Crippen molar-refractivity contribution in [3.63, 3.8) is 0 Å². The smallest absolute Gasteiger partial charge is 0.327 e. The van der Waals surface area contributed by atoms with E-state index in [-0.39, 0.29) is 12.5 Å². The van der Waals surface area contributed by atoms with Gasteiger partial charge in [0.1, 0.15) is 6.04 Å². The summed E-state index contributed by atoms with van der Waals surface area (Å²) in [5, 5.41) is 14.2. The number of carbonyl (C=O) groups is 2. The van der Waals surface area contributed by atoms with E-state index in [1.165, 1.54) is 6.92 Å². The molecule has 0 saturated heterocycles. The molecule has 1 heterocycles. The highest BCUT2D eigenvalue weighted by molar-refractivity contribution is 5.82. The van der Waals surface area contributed by atoms with E-state index >= 15 is 0 Å². The molecule has 0 fully saturated rings. The number of carbonyl (C=O) groups excluding carboxylic acids is 1. The van der Waals surface area contributed by atoms with Crippen molar-refractivity contribution in [3.8, 4) is 0 Å². The molecule has 0 spiro atoms. The number of rotatable bonds is 7. The number of amides is 1. The summed E-state index contributed by atoms with van der Waals surface area (Å²) in [7, 11) is 0. The standard InChI is InChI=1S/C12H17N3O3/c1-9(16)15-11(12(17)18)8-13-7-5-10-4-2-3-6-14-10/h2-4,6,11,13H,5,7-8H2,1H3,(H,15,16)(H,17,18). The summed E-state index contributed by atoms with van der Waals surface area (Å²) in [6, 6.07) is 4.75. The Morgan fingerprint density at radius 3 is 2.78 bits per heavy atom. The summed E-state index contributed by atoms with van der Waals surface area (Å²) in [6.07, 6.45) is 2.43. The molecule has 1 aromatic rings. The van der Waals surface area contributed by atoms with Crippen molar-refractivity contribution in [2.45, 2.75) is 19.4 Å². The van der Waals surface area contributed by atoms with E-state index in [2.05, 4.69) is 15.6 Å². The fraction of sp³-hybridized carbons (Fsp3) is 0.417. The fourth-order valence-electron chi connectivity index (χ4n) is 1.45. The molecule has 0 aliphatic heterocycles. The Morgan fingerprint density at radius 2 is 2.22 bits per heavy atom. The van der Waals surface area contributed by atoms with Crippen molar-refractivity contribution in [3.05, 3.63) is 30.1 Å². The molecule has 98 valence electrons. The zero-order valence-corrected chi connectivity index (χ0v) is 10.2. The van der Waals surface area contributed by atoms with Crippen LogP contribution in [0.2, 0.25) is 0 Å². The van der Waals surface area contributed by atoms with E-state index in [1.807, 2.05) is 18.2 Å². The number of aromatic nitrogens is 1. The van der Waals surface area contributed by atoms with Gasteiger partial charge in [0.2, 0.25) is 5.91 Å². The maximum atomic E-state index is 10.8. The average molecular weight is 251 g/mol. The van der Waals surface area contributed by atoms with Crippen molar-refractivity contribution in [1.82, 2.24) is 15.6 Å². The largest absolute Gasteiger partial charge is 0.480 e. The topological polar surface area (TPSA) is 91.3 Å². The lowest BCUT2D eigenvalue weighted by Crippen LogP contribution is -2.46. The van der Waals surface area contributed by atoms with Crippen LogP contribution in [-0.2, 0) is 16.0 Å². The van der Waals surface area contributed by atoms with Gasteiger partial charge in [0, 0.05) is 38.3 Å². The van der Waals surface area contributed by atoms with Crippen LogP contribution in [0.4, 0.5) is 0 Å². The fourth-order valence-corrected chi connectivity index (χ4v) is 1.45. The molecule has 0 saturated carbocycles. The van der Waals surface area contributed by atoms with Crippen molar-refractivity contribution < 1.29 is 14.7 Å². The van der Waals surface area contributed by atoms with Gasteiger partial charge in [0.15, 0.2) is 0 Å². The molecule has 0 radical (unpaired) electrons. The Kier molecular flexibility index (Phi) is 5.79. The first-order valence-corrected chi connectivity index (χ1v) is 5.70. The number of hydrogen-bond acceptors (Lipinski definition) is 4. The highest BCUT2D eigenvalue weighted by atomic mass is 16.4. The SMILES string of the molecule is CC(=O)NC(CNCCc1ccccn1)C(=O)O. The molecule has 6 nitrogen and oxygen atoms in total. The van der Waals surface area contributed by atoms with Gasteiger partial charge < -0.3 is 15.7 Å². The van der Waals surface area contributed by atoms with E-state index in [4.69, 9.17) is 5.11 Å². The molecular weight excluding hydrogens is 234 g/mol. The Bertz CT molecular complexity index is 395. The van der Waals surface area contributed by atoms with Gasteiger partial charge in [0.25, 0.3) is 0 Å². The molecule has 0 aromatic carbocycles. The molecule has 0 aliphatic carbocycles. The second-order valence-electron chi connectivity index (χ2n) is 3.87. The molecule has 1 unspecified atom stereocenters. The zero-order chi connectivity index (χ0) is 13.4. The van der Waals surface area contributed by atoms with Gasteiger partial charge in [-0.15, -0.1) is 0 Å².